The van der Waals surface area contributed by atoms with Crippen LogP contribution < -0.4 is 5.32 Å². The fourth-order valence-corrected chi connectivity index (χ4v) is 5.35. The van der Waals surface area contributed by atoms with Gasteiger partial charge in [0.2, 0.25) is 0 Å². The quantitative estimate of drug-likeness (QED) is 0.302. The number of rotatable bonds is 8. The largest absolute Gasteiger partial charge is 0.349 e. The zero-order valence-corrected chi connectivity index (χ0v) is 21.6. The van der Waals surface area contributed by atoms with E-state index in [9.17, 15) is 9.59 Å². The Bertz CT molecular complexity index is 1530. The number of thiazole rings is 1. The number of likely N-dealkylation sites (N-methyl/N-ethyl adjacent to an activating group) is 1. The topological polar surface area (TPSA) is 66.7 Å². The molecule has 5 aromatic rings. The number of nitrogens with zero attached hydrogens (tertiary/aromatic N) is 3. The highest BCUT2D eigenvalue weighted by molar-refractivity contribution is 7.15. The molecule has 37 heavy (non-hydrogen) atoms. The third-order valence-corrected chi connectivity index (χ3v) is 7.33. The number of fused-ring (bicyclic) bond motifs is 1. The minimum absolute atomic E-state index is 0.0876. The van der Waals surface area contributed by atoms with Crippen LogP contribution in [0.25, 0.3) is 16.1 Å². The van der Waals surface area contributed by atoms with E-state index in [1.54, 1.807) is 4.90 Å². The fraction of sp³-hybridized carbons (Fsp3) is 0.167. The average Bonchev–Trinajstić information content (AvgIpc) is 3.51. The molecular weight excluding hydrogens is 480 g/mol. The van der Waals surface area contributed by atoms with Crippen molar-refractivity contribution in [2.24, 2.45) is 0 Å². The van der Waals surface area contributed by atoms with E-state index < -0.39 is 0 Å². The van der Waals surface area contributed by atoms with Crippen LogP contribution in [-0.2, 0) is 6.42 Å². The number of hydrogen-bond donors (Lipinski definition) is 1. The molecule has 1 atom stereocenters. The monoisotopic (exact) mass is 508 g/mol. The van der Waals surface area contributed by atoms with Gasteiger partial charge in [-0.3, -0.25) is 14.0 Å². The molecule has 0 aliphatic heterocycles. The molecule has 6 nitrogen and oxygen atoms in total. The maximum absolute atomic E-state index is 13.8. The summed E-state index contributed by atoms with van der Waals surface area (Å²) in [5.41, 5.74) is 4.81. The predicted octanol–water partition coefficient (Wildman–Crippen LogP) is 5.48. The van der Waals surface area contributed by atoms with Crippen LogP contribution in [0.5, 0.6) is 0 Å². The van der Waals surface area contributed by atoms with Crippen molar-refractivity contribution in [1.82, 2.24) is 19.6 Å². The predicted molar refractivity (Wildman–Crippen MR) is 148 cm³/mol. The molecule has 2 aromatic heterocycles. The van der Waals surface area contributed by atoms with E-state index in [0.29, 0.717) is 29.9 Å². The van der Waals surface area contributed by atoms with Crippen molar-refractivity contribution in [2.75, 3.05) is 13.6 Å². The lowest BCUT2D eigenvalue weighted by molar-refractivity contribution is 0.0718. The summed E-state index contributed by atoms with van der Waals surface area (Å²) in [6.07, 6.45) is 2.46. The SMILES string of the molecule is Cc1nc2sccn2c1C(=O)NC[C@@H](Cc1ccccc1)N(C)C(=O)c1ccccc1-c1ccccc1. The lowest BCUT2D eigenvalue weighted by Crippen LogP contribution is -2.46. The summed E-state index contributed by atoms with van der Waals surface area (Å²) in [4.78, 5) is 34.1. The van der Waals surface area contributed by atoms with E-state index in [0.717, 1.165) is 21.7 Å². The van der Waals surface area contributed by atoms with Crippen LogP contribution in [0.4, 0.5) is 0 Å². The minimum atomic E-state index is -0.256. The Kier molecular flexibility index (Phi) is 7.14. The zero-order valence-electron chi connectivity index (χ0n) is 20.8. The van der Waals surface area contributed by atoms with Crippen LogP contribution in [0.1, 0.15) is 32.1 Å². The van der Waals surface area contributed by atoms with E-state index in [4.69, 9.17) is 0 Å². The average molecular weight is 509 g/mol. The molecular formula is C30H28N4O2S. The molecule has 0 radical (unpaired) electrons. The molecule has 2 heterocycles. The smallest absolute Gasteiger partial charge is 0.270 e. The van der Waals surface area contributed by atoms with Crippen LogP contribution in [0, 0.1) is 6.92 Å². The lowest BCUT2D eigenvalue weighted by atomic mass is 9.97. The molecule has 5 rings (SSSR count). The number of benzene rings is 3. The Morgan fingerprint density at radius 3 is 2.41 bits per heavy atom. The van der Waals surface area contributed by atoms with Gasteiger partial charge in [0, 0.05) is 30.7 Å². The summed E-state index contributed by atoms with van der Waals surface area (Å²) in [5, 5.41) is 4.98. The zero-order chi connectivity index (χ0) is 25.8. The highest BCUT2D eigenvalue weighted by Gasteiger charge is 2.25. The number of aryl methyl sites for hydroxylation is 1. The highest BCUT2D eigenvalue weighted by Crippen LogP contribution is 2.25. The van der Waals surface area contributed by atoms with E-state index in [1.165, 1.54) is 11.3 Å². The van der Waals surface area contributed by atoms with Crippen LogP contribution >= 0.6 is 11.3 Å². The molecule has 0 spiro atoms. The molecule has 0 saturated heterocycles. The van der Waals surface area contributed by atoms with Gasteiger partial charge in [0.05, 0.1) is 11.7 Å². The Balaban J connectivity index is 1.41. The Hall–Kier alpha value is -4.23. The second kappa shape index (κ2) is 10.8. The van der Waals surface area contributed by atoms with Crippen molar-refractivity contribution in [2.45, 2.75) is 19.4 Å². The lowest BCUT2D eigenvalue weighted by Gasteiger charge is -2.29. The van der Waals surface area contributed by atoms with Gasteiger partial charge in [0.1, 0.15) is 5.69 Å². The number of carbonyl (C=O) groups excluding carboxylic acids is 2. The van der Waals surface area contributed by atoms with Gasteiger partial charge in [-0.15, -0.1) is 11.3 Å². The summed E-state index contributed by atoms with van der Waals surface area (Å²) in [6.45, 7) is 2.15. The van der Waals surface area contributed by atoms with E-state index in [2.05, 4.69) is 10.3 Å². The van der Waals surface area contributed by atoms with E-state index in [1.807, 2.05) is 115 Å². The van der Waals surface area contributed by atoms with Gasteiger partial charge < -0.3 is 10.2 Å². The number of aromatic nitrogens is 2. The Labute approximate surface area is 220 Å². The summed E-state index contributed by atoms with van der Waals surface area (Å²) >= 11 is 1.49. The van der Waals surface area contributed by atoms with Gasteiger partial charge in [0.15, 0.2) is 4.96 Å². The normalized spacial score (nSPS) is 11.8. The molecule has 7 heteroatoms. The third kappa shape index (κ3) is 5.17. The van der Waals surface area contributed by atoms with E-state index in [-0.39, 0.29) is 17.9 Å². The third-order valence-electron chi connectivity index (χ3n) is 6.57. The molecule has 1 N–H and O–H groups in total. The highest BCUT2D eigenvalue weighted by atomic mass is 32.1. The molecule has 0 saturated carbocycles. The number of amides is 2. The van der Waals surface area contributed by atoms with Crippen molar-refractivity contribution in [3.63, 3.8) is 0 Å². The molecule has 3 aromatic carbocycles. The molecule has 0 fully saturated rings. The first kappa shape index (κ1) is 24.5. The summed E-state index contributed by atoms with van der Waals surface area (Å²) in [7, 11) is 1.81. The molecule has 0 aliphatic carbocycles. The number of carbonyl (C=O) groups is 2. The Morgan fingerprint density at radius 1 is 0.973 bits per heavy atom. The number of nitrogens with one attached hydrogen (secondary N) is 1. The maximum atomic E-state index is 13.8. The first-order chi connectivity index (χ1) is 18.0. The summed E-state index contributed by atoms with van der Waals surface area (Å²) in [5.74, 6) is -0.289. The van der Waals surface area contributed by atoms with Crippen molar-refractivity contribution >= 4 is 28.1 Å². The van der Waals surface area contributed by atoms with Crippen LogP contribution in [0.3, 0.4) is 0 Å². The van der Waals surface area contributed by atoms with E-state index >= 15 is 0 Å². The van der Waals surface area contributed by atoms with Crippen LogP contribution in [0.2, 0.25) is 0 Å². The number of hydrogen-bond acceptors (Lipinski definition) is 4. The Morgan fingerprint density at radius 2 is 1.65 bits per heavy atom. The first-order valence-corrected chi connectivity index (χ1v) is 13.1. The van der Waals surface area contributed by atoms with Crippen LogP contribution in [-0.4, -0.2) is 45.7 Å². The second-order valence-corrected chi connectivity index (χ2v) is 9.86. The van der Waals surface area contributed by atoms with Crippen molar-refractivity contribution < 1.29 is 9.59 Å². The number of imidazole rings is 1. The molecule has 0 aliphatic rings. The van der Waals surface area contributed by atoms with Gasteiger partial charge in [-0.2, -0.15) is 0 Å². The minimum Gasteiger partial charge on any atom is -0.349 e. The fourth-order valence-electron chi connectivity index (χ4n) is 4.59. The van der Waals surface area contributed by atoms with Gasteiger partial charge in [-0.1, -0.05) is 78.9 Å². The van der Waals surface area contributed by atoms with Gasteiger partial charge in [-0.25, -0.2) is 4.98 Å². The van der Waals surface area contributed by atoms with Gasteiger partial charge >= 0.3 is 0 Å². The van der Waals surface area contributed by atoms with Gasteiger partial charge in [0.25, 0.3) is 11.8 Å². The van der Waals surface area contributed by atoms with Crippen molar-refractivity contribution in [3.05, 3.63) is 119 Å². The standard InChI is InChI=1S/C30H28N4O2S/c1-21-27(34-17-18-37-30(34)32-21)28(35)31-20-24(19-22-11-5-3-6-12-22)33(2)29(36)26-16-10-9-15-25(26)23-13-7-4-8-14-23/h3-18,24H,19-20H2,1-2H3,(H,31,35)/t24-/m1/s1. The molecule has 186 valence electrons. The van der Waals surface area contributed by atoms with Crippen molar-refractivity contribution in [1.29, 1.82) is 0 Å². The summed E-state index contributed by atoms with van der Waals surface area (Å²) < 4.78 is 1.81. The molecule has 0 unspecified atom stereocenters. The summed E-state index contributed by atoms with van der Waals surface area (Å²) in [6, 6.07) is 27.4. The van der Waals surface area contributed by atoms with Gasteiger partial charge in [-0.05, 0) is 36.1 Å². The van der Waals surface area contributed by atoms with Crippen molar-refractivity contribution in [3.8, 4) is 11.1 Å². The second-order valence-electron chi connectivity index (χ2n) is 8.98. The first-order valence-electron chi connectivity index (χ1n) is 12.2. The maximum Gasteiger partial charge on any atom is 0.270 e. The molecule has 2 amide bonds. The molecule has 0 bridgehead atoms. The van der Waals surface area contributed by atoms with Crippen LogP contribution in [0.15, 0.2) is 96.5 Å².